The Kier molecular flexibility index (Phi) is 9.28. The highest BCUT2D eigenvalue weighted by Gasteiger charge is 2.46. The molecular weight excluding hydrogens is 456 g/mol. The maximum absolute atomic E-state index is 5.72. The predicted molar refractivity (Wildman–Crippen MR) is 136 cm³/mol. The number of nitrogens with zero attached hydrogens (tertiary/aromatic N) is 1. The van der Waals surface area contributed by atoms with Gasteiger partial charge in [-0.15, -0.1) is 12.4 Å². The number of halogens is 2. The minimum atomic E-state index is -1.97. The number of ether oxygens (including phenoxy) is 1. The summed E-state index contributed by atoms with van der Waals surface area (Å²) in [5.41, 5.74) is 3.30. The summed E-state index contributed by atoms with van der Waals surface area (Å²) in [5.74, 6) is 0.937. The van der Waals surface area contributed by atoms with E-state index in [1.165, 1.54) is 15.9 Å². The largest absolute Gasteiger partial charge is 1.00 e. The third-order valence-corrected chi connectivity index (χ3v) is 10.0. The second-order valence-corrected chi connectivity index (χ2v) is 11.0. The molecule has 0 aliphatic carbocycles. The summed E-state index contributed by atoms with van der Waals surface area (Å²) in [6.45, 7) is 4.18. The van der Waals surface area contributed by atoms with E-state index in [1.807, 2.05) is 6.20 Å². The van der Waals surface area contributed by atoms with Crippen molar-refractivity contribution in [2.45, 2.75) is 20.0 Å². The van der Waals surface area contributed by atoms with Crippen molar-refractivity contribution in [2.75, 3.05) is 7.11 Å². The molecule has 0 saturated carbocycles. The van der Waals surface area contributed by atoms with Crippen LogP contribution in [0.15, 0.2) is 97.2 Å². The summed E-state index contributed by atoms with van der Waals surface area (Å²) in [4.78, 5) is 4.90. The van der Waals surface area contributed by atoms with Crippen molar-refractivity contribution in [3.05, 3.63) is 114 Å². The zero-order valence-electron chi connectivity index (χ0n) is 18.5. The molecule has 5 heteroatoms. The fraction of sp³-hybridized carbons (Fsp3) is 0.148. The van der Waals surface area contributed by atoms with E-state index in [4.69, 9.17) is 9.72 Å². The van der Waals surface area contributed by atoms with Gasteiger partial charge in [-0.1, -0.05) is 54.6 Å². The Morgan fingerprint density at radius 2 is 1.12 bits per heavy atom. The molecule has 0 radical (unpaired) electrons. The maximum atomic E-state index is 5.72. The van der Waals surface area contributed by atoms with Crippen molar-refractivity contribution < 1.29 is 17.1 Å². The average Bonchev–Trinajstić information content (AvgIpc) is 2.81. The number of methoxy groups -OCH3 is 1. The Balaban J connectivity index is 0.00000181. The predicted octanol–water partition coefficient (Wildman–Crippen LogP) is 2.63. The van der Waals surface area contributed by atoms with Gasteiger partial charge in [-0.2, -0.15) is 0 Å². The first-order valence-electron chi connectivity index (χ1n) is 10.2. The third-order valence-electron chi connectivity index (χ3n) is 5.73. The Hall–Kier alpha value is -2.38. The number of hydrogen-bond donors (Lipinski definition) is 0. The van der Waals surface area contributed by atoms with Crippen molar-refractivity contribution in [2.24, 2.45) is 0 Å². The fourth-order valence-corrected chi connectivity index (χ4v) is 8.48. The van der Waals surface area contributed by atoms with Crippen LogP contribution >= 0.6 is 19.7 Å². The average molecular weight is 484 g/mol. The van der Waals surface area contributed by atoms with Gasteiger partial charge in [0.2, 0.25) is 0 Å². The van der Waals surface area contributed by atoms with Crippen LogP contribution in [0.2, 0.25) is 0 Å². The number of hydrogen-bond acceptors (Lipinski definition) is 2. The van der Waals surface area contributed by atoms with Crippen LogP contribution in [0, 0.1) is 13.8 Å². The molecule has 0 N–H and O–H groups in total. The number of benzene rings is 3. The topological polar surface area (TPSA) is 22.1 Å². The van der Waals surface area contributed by atoms with Crippen LogP contribution in [-0.2, 0) is 6.16 Å². The van der Waals surface area contributed by atoms with Crippen LogP contribution in [0.1, 0.15) is 16.8 Å². The molecule has 0 spiro atoms. The van der Waals surface area contributed by atoms with Crippen molar-refractivity contribution >= 4 is 35.6 Å². The summed E-state index contributed by atoms with van der Waals surface area (Å²) in [7, 11) is -0.222. The minimum Gasteiger partial charge on any atom is -1.00 e. The zero-order valence-corrected chi connectivity index (χ0v) is 21.0. The third kappa shape index (κ3) is 4.84. The lowest BCUT2D eigenvalue weighted by atomic mass is 10.1. The van der Waals surface area contributed by atoms with E-state index in [-0.39, 0.29) is 24.8 Å². The lowest BCUT2D eigenvalue weighted by Gasteiger charge is -2.28. The van der Waals surface area contributed by atoms with Crippen molar-refractivity contribution in [3.8, 4) is 5.75 Å². The van der Waals surface area contributed by atoms with Crippen LogP contribution in [-0.4, -0.2) is 12.1 Å². The molecule has 0 amide bonds. The molecule has 0 saturated heterocycles. The van der Waals surface area contributed by atoms with Gasteiger partial charge >= 0.3 is 0 Å². The highest BCUT2D eigenvalue weighted by Crippen LogP contribution is 2.58. The van der Waals surface area contributed by atoms with Crippen molar-refractivity contribution in [3.63, 3.8) is 0 Å². The van der Waals surface area contributed by atoms with Gasteiger partial charge in [-0.05, 0) is 50.2 Å². The fourth-order valence-electron chi connectivity index (χ4n) is 4.22. The summed E-state index contributed by atoms with van der Waals surface area (Å²) in [6.07, 6.45) is 2.80. The van der Waals surface area contributed by atoms with Crippen LogP contribution in [0.4, 0.5) is 0 Å². The first-order valence-corrected chi connectivity index (χ1v) is 12.2. The molecule has 4 rings (SSSR count). The summed E-state index contributed by atoms with van der Waals surface area (Å²) in [5, 5.41) is 4.09. The smallest absolute Gasteiger partial charge is 0.128 e. The maximum Gasteiger partial charge on any atom is 0.128 e. The first kappa shape index (κ1) is 25.9. The molecule has 1 heterocycles. The molecule has 166 valence electrons. The van der Waals surface area contributed by atoms with E-state index in [9.17, 15) is 0 Å². The Bertz CT molecular complexity index is 1030. The second-order valence-electron chi connectivity index (χ2n) is 7.52. The quantitative estimate of drug-likeness (QED) is 0.393. The molecule has 0 fully saturated rings. The van der Waals surface area contributed by atoms with E-state index < -0.39 is 7.26 Å². The zero-order chi connectivity index (χ0) is 21.0. The molecule has 32 heavy (non-hydrogen) atoms. The van der Waals surface area contributed by atoms with Crippen LogP contribution in [0.25, 0.3) is 0 Å². The van der Waals surface area contributed by atoms with Gasteiger partial charge in [0.1, 0.15) is 35.1 Å². The van der Waals surface area contributed by atoms with Gasteiger partial charge < -0.3 is 17.1 Å². The van der Waals surface area contributed by atoms with Gasteiger partial charge in [-0.25, -0.2) is 0 Å². The molecule has 0 bridgehead atoms. The van der Waals surface area contributed by atoms with E-state index >= 15 is 0 Å². The van der Waals surface area contributed by atoms with E-state index in [2.05, 4.69) is 105 Å². The minimum absolute atomic E-state index is 0. The standard InChI is InChI=1S/C27H27NOP.2ClH/c1-21-19-28-26(22(2)27(21)29-3)20-30(23-13-7-4-8-14-23,24-15-9-5-10-16-24)25-17-11-6-12-18-25;;/h4-19H,20H2,1-3H3;2*1H/q+1;;/p-1. The van der Waals surface area contributed by atoms with E-state index in [1.54, 1.807) is 7.11 Å². The lowest BCUT2D eigenvalue weighted by Crippen LogP contribution is -3.00. The Labute approximate surface area is 204 Å². The SMILES string of the molecule is COc1c(C)cnc(C[P+](c2ccccc2)(c2ccccc2)c2ccccc2)c1C.Cl.[Cl-]. The molecular formula is C27H28Cl2NOP. The molecule has 0 atom stereocenters. The molecule has 3 aromatic carbocycles. The van der Waals surface area contributed by atoms with Gasteiger partial charge in [-0.3, -0.25) is 4.98 Å². The van der Waals surface area contributed by atoms with E-state index in [0.29, 0.717) is 0 Å². The van der Waals surface area contributed by atoms with Crippen LogP contribution < -0.4 is 33.1 Å². The van der Waals surface area contributed by atoms with Crippen molar-refractivity contribution in [1.29, 1.82) is 0 Å². The number of aryl methyl sites for hydroxylation is 1. The number of pyridine rings is 1. The van der Waals surface area contributed by atoms with E-state index in [0.717, 1.165) is 28.7 Å². The molecule has 0 aliphatic rings. The summed E-state index contributed by atoms with van der Waals surface area (Å²) >= 11 is 0. The highest BCUT2D eigenvalue weighted by molar-refractivity contribution is 7.95. The van der Waals surface area contributed by atoms with Gasteiger partial charge in [0.15, 0.2) is 0 Å². The second kappa shape index (κ2) is 11.5. The Morgan fingerprint density at radius 1 is 0.719 bits per heavy atom. The molecule has 0 unspecified atom stereocenters. The lowest BCUT2D eigenvalue weighted by molar-refractivity contribution is -0.00000652. The van der Waals surface area contributed by atoms with Gasteiger partial charge in [0, 0.05) is 17.3 Å². The molecule has 4 aromatic rings. The number of rotatable bonds is 6. The normalized spacial score (nSPS) is 10.6. The monoisotopic (exact) mass is 483 g/mol. The molecule has 2 nitrogen and oxygen atoms in total. The van der Waals surface area contributed by atoms with Gasteiger partial charge in [0.05, 0.1) is 12.8 Å². The first-order chi connectivity index (χ1) is 14.7. The van der Waals surface area contributed by atoms with Crippen LogP contribution in [0.5, 0.6) is 5.75 Å². The highest BCUT2D eigenvalue weighted by atomic mass is 35.5. The van der Waals surface area contributed by atoms with Gasteiger partial charge in [0.25, 0.3) is 0 Å². The summed E-state index contributed by atoms with van der Waals surface area (Å²) < 4.78 is 5.72. The Morgan fingerprint density at radius 3 is 1.50 bits per heavy atom. The molecule has 0 aliphatic heterocycles. The van der Waals surface area contributed by atoms with Crippen LogP contribution in [0.3, 0.4) is 0 Å². The summed E-state index contributed by atoms with van der Waals surface area (Å²) in [6, 6.07) is 32.8. The van der Waals surface area contributed by atoms with Crippen molar-refractivity contribution in [1.82, 2.24) is 4.98 Å². The molecule has 1 aromatic heterocycles. The number of aromatic nitrogens is 1.